The highest BCUT2D eigenvalue weighted by Crippen LogP contribution is 2.25. The van der Waals surface area contributed by atoms with Gasteiger partial charge in [0.2, 0.25) is 0 Å². The van der Waals surface area contributed by atoms with E-state index in [9.17, 15) is 8.78 Å². The first kappa shape index (κ1) is 12.3. The number of rotatable bonds is 3. The lowest BCUT2D eigenvalue weighted by Crippen LogP contribution is -2.13. The van der Waals surface area contributed by atoms with Gasteiger partial charge in [0.05, 0.1) is 16.8 Å². The Balaban J connectivity index is 2.18. The molecule has 0 aliphatic heterocycles. The Labute approximate surface area is 106 Å². The second kappa shape index (κ2) is 4.98. The van der Waals surface area contributed by atoms with Crippen molar-refractivity contribution in [2.45, 2.75) is 12.5 Å². The molecule has 1 atom stereocenters. The van der Waals surface area contributed by atoms with Gasteiger partial charge in [0, 0.05) is 6.07 Å². The molecule has 0 fully saturated rings. The van der Waals surface area contributed by atoms with Crippen LogP contribution >= 0.6 is 15.9 Å². The number of halogens is 3. The summed E-state index contributed by atoms with van der Waals surface area (Å²) in [6, 6.07) is 4.64. The van der Waals surface area contributed by atoms with E-state index in [1.807, 2.05) is 0 Å². The van der Waals surface area contributed by atoms with Gasteiger partial charge in [0.1, 0.15) is 17.4 Å². The van der Waals surface area contributed by atoms with E-state index < -0.39 is 17.7 Å². The van der Waals surface area contributed by atoms with Gasteiger partial charge in [-0.15, -0.1) is 0 Å². The Morgan fingerprint density at radius 3 is 2.41 bits per heavy atom. The van der Waals surface area contributed by atoms with Crippen LogP contribution in [0.2, 0.25) is 0 Å². The summed E-state index contributed by atoms with van der Waals surface area (Å²) >= 11 is 3.29. The maximum atomic E-state index is 13.0. The van der Waals surface area contributed by atoms with Crippen LogP contribution in [-0.2, 0) is 6.42 Å². The van der Waals surface area contributed by atoms with Crippen molar-refractivity contribution in [1.29, 1.82) is 0 Å². The summed E-state index contributed by atoms with van der Waals surface area (Å²) in [4.78, 5) is 0. The fourth-order valence-corrected chi connectivity index (χ4v) is 2.14. The van der Waals surface area contributed by atoms with Gasteiger partial charge in [-0.05, 0) is 46.1 Å². The highest BCUT2D eigenvalue weighted by Gasteiger charge is 2.14. The predicted molar refractivity (Wildman–Crippen MR) is 63.4 cm³/mol. The Kier molecular flexibility index (Phi) is 3.59. The number of hydrogen-bond donors (Lipinski definition) is 1. The van der Waals surface area contributed by atoms with E-state index in [0.717, 1.165) is 10.5 Å². The topological polar surface area (TPSA) is 39.2 Å². The Morgan fingerprint density at radius 1 is 1.24 bits per heavy atom. The molecule has 2 N–H and O–H groups in total. The molecular formula is C12H10BrF2NO. The molecule has 17 heavy (non-hydrogen) atoms. The molecule has 0 radical (unpaired) electrons. The first-order valence-electron chi connectivity index (χ1n) is 4.99. The summed E-state index contributed by atoms with van der Waals surface area (Å²) in [5, 5.41) is 0. The van der Waals surface area contributed by atoms with Gasteiger partial charge in [-0.1, -0.05) is 0 Å². The van der Waals surface area contributed by atoms with E-state index in [2.05, 4.69) is 15.9 Å². The first-order valence-corrected chi connectivity index (χ1v) is 5.79. The molecule has 0 bridgehead atoms. The van der Waals surface area contributed by atoms with Gasteiger partial charge in [0.15, 0.2) is 0 Å². The van der Waals surface area contributed by atoms with Crippen LogP contribution in [0.4, 0.5) is 8.78 Å². The summed E-state index contributed by atoms with van der Waals surface area (Å²) in [5.74, 6) is -0.647. The largest absolute Gasteiger partial charge is 0.466 e. The van der Waals surface area contributed by atoms with Crippen molar-refractivity contribution in [3.63, 3.8) is 0 Å². The molecule has 0 aliphatic rings. The number of hydrogen-bond acceptors (Lipinski definition) is 2. The molecular weight excluding hydrogens is 292 g/mol. The molecule has 1 aromatic carbocycles. The molecule has 2 aromatic rings. The molecule has 2 rings (SSSR count). The minimum absolute atomic E-state index is 0.306. The highest BCUT2D eigenvalue weighted by atomic mass is 79.9. The molecule has 1 aromatic heterocycles. The average Bonchev–Trinajstić information content (AvgIpc) is 2.62. The second-order valence-electron chi connectivity index (χ2n) is 3.72. The summed E-state index contributed by atoms with van der Waals surface area (Å²) in [7, 11) is 0. The zero-order valence-electron chi connectivity index (χ0n) is 8.79. The first-order chi connectivity index (χ1) is 8.06. The third-order valence-electron chi connectivity index (χ3n) is 2.36. The van der Waals surface area contributed by atoms with Crippen LogP contribution in [0.25, 0.3) is 0 Å². The Morgan fingerprint density at radius 2 is 1.88 bits per heavy atom. The van der Waals surface area contributed by atoms with Gasteiger partial charge in [-0.3, -0.25) is 0 Å². The van der Waals surface area contributed by atoms with Crippen LogP contribution in [-0.4, -0.2) is 0 Å². The fourth-order valence-electron chi connectivity index (χ4n) is 1.65. The van der Waals surface area contributed by atoms with Crippen LogP contribution in [0.1, 0.15) is 17.4 Å². The summed E-state index contributed by atoms with van der Waals surface area (Å²) in [6.07, 6.45) is 1.81. The van der Waals surface area contributed by atoms with Crippen LogP contribution in [0.3, 0.4) is 0 Å². The van der Waals surface area contributed by atoms with Crippen molar-refractivity contribution < 1.29 is 13.2 Å². The van der Waals surface area contributed by atoms with Crippen molar-refractivity contribution >= 4 is 15.9 Å². The van der Waals surface area contributed by atoms with Gasteiger partial charge in [0.25, 0.3) is 0 Å². The van der Waals surface area contributed by atoms with Gasteiger partial charge < -0.3 is 10.2 Å². The fraction of sp³-hybridized carbons (Fsp3) is 0.167. The normalized spacial score (nSPS) is 12.7. The van der Waals surface area contributed by atoms with Crippen molar-refractivity contribution in [3.8, 4) is 0 Å². The van der Waals surface area contributed by atoms with Crippen molar-refractivity contribution in [2.75, 3.05) is 0 Å². The van der Waals surface area contributed by atoms with Crippen LogP contribution < -0.4 is 5.73 Å². The predicted octanol–water partition coefficient (Wildman–Crippen LogP) is 3.56. The van der Waals surface area contributed by atoms with Crippen molar-refractivity contribution in [1.82, 2.24) is 0 Å². The molecule has 5 heteroatoms. The van der Waals surface area contributed by atoms with Crippen molar-refractivity contribution in [3.05, 3.63) is 58.0 Å². The lowest BCUT2D eigenvalue weighted by Gasteiger charge is -2.09. The zero-order chi connectivity index (χ0) is 12.4. The van der Waals surface area contributed by atoms with E-state index in [1.165, 1.54) is 18.4 Å². The molecule has 0 spiro atoms. The minimum atomic E-state index is -0.606. The quantitative estimate of drug-likeness (QED) is 0.941. The molecule has 1 heterocycles. The maximum absolute atomic E-state index is 13.0. The van der Waals surface area contributed by atoms with Gasteiger partial charge in [-0.2, -0.15) is 0 Å². The molecule has 90 valence electrons. The molecule has 0 amide bonds. The van der Waals surface area contributed by atoms with Crippen LogP contribution in [0, 0.1) is 11.6 Å². The van der Waals surface area contributed by atoms with E-state index in [1.54, 1.807) is 6.07 Å². The standard InChI is InChI=1S/C12H10BrF2NO/c13-10-1-2-17-12(10)11(16)5-7-3-8(14)6-9(15)4-7/h1-4,6,11H,5,16H2. The molecule has 0 aliphatic carbocycles. The third-order valence-corrected chi connectivity index (χ3v) is 3.01. The SMILES string of the molecule is NC(Cc1cc(F)cc(F)c1)c1occc1Br. The zero-order valence-corrected chi connectivity index (χ0v) is 10.4. The number of benzene rings is 1. The van der Waals surface area contributed by atoms with E-state index in [4.69, 9.17) is 10.2 Å². The third kappa shape index (κ3) is 2.92. The molecule has 2 nitrogen and oxygen atoms in total. The number of nitrogens with two attached hydrogens (primary N) is 1. The summed E-state index contributed by atoms with van der Waals surface area (Å²) in [6.45, 7) is 0. The molecule has 0 saturated heterocycles. The van der Waals surface area contributed by atoms with Gasteiger partial charge >= 0.3 is 0 Å². The Bertz CT molecular complexity index is 507. The van der Waals surface area contributed by atoms with Crippen molar-refractivity contribution in [2.24, 2.45) is 5.73 Å². The van der Waals surface area contributed by atoms with E-state index >= 15 is 0 Å². The second-order valence-corrected chi connectivity index (χ2v) is 4.58. The minimum Gasteiger partial charge on any atom is -0.466 e. The lowest BCUT2D eigenvalue weighted by atomic mass is 10.0. The summed E-state index contributed by atoms with van der Waals surface area (Å²) in [5.41, 5.74) is 6.40. The molecule has 0 saturated carbocycles. The number of furan rings is 1. The summed E-state index contributed by atoms with van der Waals surface area (Å²) < 4.78 is 31.9. The van der Waals surface area contributed by atoms with E-state index in [0.29, 0.717) is 17.7 Å². The Hall–Kier alpha value is -1.20. The monoisotopic (exact) mass is 301 g/mol. The highest BCUT2D eigenvalue weighted by molar-refractivity contribution is 9.10. The van der Waals surface area contributed by atoms with Gasteiger partial charge in [-0.25, -0.2) is 8.78 Å². The smallest absolute Gasteiger partial charge is 0.134 e. The average molecular weight is 302 g/mol. The van der Waals surface area contributed by atoms with Crippen LogP contribution in [0.15, 0.2) is 39.4 Å². The van der Waals surface area contributed by atoms with Crippen LogP contribution in [0.5, 0.6) is 0 Å². The maximum Gasteiger partial charge on any atom is 0.134 e. The molecule has 1 unspecified atom stereocenters. The lowest BCUT2D eigenvalue weighted by molar-refractivity contribution is 0.461. The van der Waals surface area contributed by atoms with E-state index in [-0.39, 0.29) is 0 Å².